The van der Waals surface area contributed by atoms with Crippen molar-refractivity contribution >= 4 is 16.9 Å². The number of furan rings is 1. The van der Waals surface area contributed by atoms with Crippen molar-refractivity contribution in [3.05, 3.63) is 36.1 Å². The predicted octanol–water partition coefficient (Wildman–Crippen LogP) is 1.62. The fourth-order valence-electron chi connectivity index (χ4n) is 2.26. The van der Waals surface area contributed by atoms with Crippen LogP contribution in [0.4, 0.5) is 0 Å². The molecule has 1 saturated heterocycles. The van der Waals surface area contributed by atoms with E-state index in [1.807, 2.05) is 24.3 Å². The maximum Gasteiger partial charge on any atom is 0.315 e. The van der Waals surface area contributed by atoms with Gasteiger partial charge in [-0.2, -0.15) is 0 Å². The quantitative estimate of drug-likeness (QED) is 0.855. The molecular formula is C14H15NO4. The highest BCUT2D eigenvalue weighted by Gasteiger charge is 2.45. The molecule has 1 aromatic heterocycles. The Hall–Kier alpha value is -1.85. The molecule has 0 aliphatic carbocycles. The molecule has 1 fully saturated rings. The minimum atomic E-state index is -0.802. The number of aliphatic carboxylic acids is 1. The van der Waals surface area contributed by atoms with E-state index in [0.29, 0.717) is 13.1 Å². The van der Waals surface area contributed by atoms with Gasteiger partial charge in [-0.05, 0) is 6.07 Å². The summed E-state index contributed by atoms with van der Waals surface area (Å²) in [7, 11) is 0. The third kappa shape index (κ3) is 2.11. The van der Waals surface area contributed by atoms with Gasteiger partial charge in [0.2, 0.25) is 0 Å². The molecule has 0 unspecified atom stereocenters. The van der Waals surface area contributed by atoms with E-state index in [1.165, 1.54) is 0 Å². The SMILES string of the molecule is O=C(O)C1(CNCc2coc3ccccc23)COC1. The minimum Gasteiger partial charge on any atom is -0.481 e. The van der Waals surface area contributed by atoms with E-state index >= 15 is 0 Å². The van der Waals surface area contributed by atoms with Crippen LogP contribution in [0.5, 0.6) is 0 Å². The van der Waals surface area contributed by atoms with Crippen LogP contribution in [0.25, 0.3) is 11.0 Å². The summed E-state index contributed by atoms with van der Waals surface area (Å²) in [5.41, 5.74) is 1.12. The van der Waals surface area contributed by atoms with Crippen LogP contribution in [0.1, 0.15) is 5.56 Å². The second-order valence-corrected chi connectivity index (χ2v) is 4.94. The number of carbonyl (C=O) groups is 1. The standard InChI is InChI=1S/C14H15NO4/c16-13(17)14(8-18-9-14)7-15-5-10-6-19-12-4-2-1-3-11(10)12/h1-4,6,15H,5,7-9H2,(H,16,17). The van der Waals surface area contributed by atoms with Crippen LogP contribution in [0.3, 0.4) is 0 Å². The first-order valence-electron chi connectivity index (χ1n) is 6.18. The highest BCUT2D eigenvalue weighted by Crippen LogP contribution is 2.27. The molecule has 5 nitrogen and oxygen atoms in total. The van der Waals surface area contributed by atoms with E-state index in [9.17, 15) is 9.90 Å². The lowest BCUT2D eigenvalue weighted by Gasteiger charge is -2.37. The average molecular weight is 261 g/mol. The molecule has 2 N–H and O–H groups in total. The molecule has 0 atom stereocenters. The molecule has 0 radical (unpaired) electrons. The van der Waals surface area contributed by atoms with Gasteiger partial charge in [0.05, 0.1) is 19.5 Å². The zero-order valence-corrected chi connectivity index (χ0v) is 10.4. The Morgan fingerprint density at radius 3 is 2.84 bits per heavy atom. The second kappa shape index (κ2) is 4.68. The molecule has 1 aliphatic heterocycles. The molecular weight excluding hydrogens is 246 g/mol. The largest absolute Gasteiger partial charge is 0.481 e. The van der Waals surface area contributed by atoms with Crippen LogP contribution in [0.15, 0.2) is 34.9 Å². The first-order valence-corrected chi connectivity index (χ1v) is 6.18. The molecule has 100 valence electrons. The summed E-state index contributed by atoms with van der Waals surface area (Å²) in [6.07, 6.45) is 1.71. The van der Waals surface area contributed by atoms with E-state index in [4.69, 9.17) is 9.15 Å². The van der Waals surface area contributed by atoms with Crippen LogP contribution in [0.2, 0.25) is 0 Å². The van der Waals surface area contributed by atoms with Gasteiger partial charge >= 0.3 is 5.97 Å². The summed E-state index contributed by atoms with van der Waals surface area (Å²) >= 11 is 0. The first-order chi connectivity index (χ1) is 9.21. The van der Waals surface area contributed by atoms with Gasteiger partial charge in [-0.1, -0.05) is 18.2 Å². The summed E-state index contributed by atoms with van der Waals surface area (Å²) in [4.78, 5) is 11.2. The molecule has 0 saturated carbocycles. The fourth-order valence-corrected chi connectivity index (χ4v) is 2.26. The molecule has 2 heterocycles. The van der Waals surface area contributed by atoms with Gasteiger partial charge in [0.1, 0.15) is 11.0 Å². The van der Waals surface area contributed by atoms with Crippen LogP contribution >= 0.6 is 0 Å². The van der Waals surface area contributed by atoms with Crippen LogP contribution in [0, 0.1) is 5.41 Å². The maximum absolute atomic E-state index is 11.2. The smallest absolute Gasteiger partial charge is 0.315 e. The number of para-hydroxylation sites is 1. The van der Waals surface area contributed by atoms with Gasteiger partial charge in [0, 0.05) is 24.0 Å². The van der Waals surface area contributed by atoms with Crippen molar-refractivity contribution in [3.63, 3.8) is 0 Å². The number of hydrogen-bond donors (Lipinski definition) is 2. The highest BCUT2D eigenvalue weighted by atomic mass is 16.5. The number of fused-ring (bicyclic) bond motifs is 1. The van der Waals surface area contributed by atoms with E-state index in [0.717, 1.165) is 16.5 Å². The van der Waals surface area contributed by atoms with Gasteiger partial charge in [-0.15, -0.1) is 0 Å². The maximum atomic E-state index is 11.2. The van der Waals surface area contributed by atoms with Gasteiger partial charge in [-0.25, -0.2) is 0 Å². The van der Waals surface area contributed by atoms with E-state index in [1.54, 1.807) is 6.26 Å². The topological polar surface area (TPSA) is 71.7 Å². The summed E-state index contributed by atoms with van der Waals surface area (Å²) in [6.45, 7) is 1.55. The van der Waals surface area contributed by atoms with Gasteiger partial charge in [0.15, 0.2) is 0 Å². The highest BCUT2D eigenvalue weighted by molar-refractivity contribution is 5.80. The zero-order valence-electron chi connectivity index (χ0n) is 10.4. The molecule has 3 rings (SSSR count). The van der Waals surface area contributed by atoms with E-state index in [-0.39, 0.29) is 13.2 Å². The van der Waals surface area contributed by atoms with Crippen LogP contribution in [-0.4, -0.2) is 30.8 Å². The molecule has 5 heteroatoms. The summed E-state index contributed by atoms with van der Waals surface area (Å²) in [6, 6.07) is 7.79. The average Bonchev–Trinajstić information content (AvgIpc) is 2.75. The van der Waals surface area contributed by atoms with Crippen LogP contribution in [-0.2, 0) is 16.1 Å². The minimum absolute atomic E-state index is 0.279. The van der Waals surface area contributed by atoms with Crippen LogP contribution < -0.4 is 5.32 Å². The van der Waals surface area contributed by atoms with Crippen molar-refractivity contribution in [2.24, 2.45) is 5.41 Å². The number of carboxylic acid groups (broad SMARTS) is 1. The lowest BCUT2D eigenvalue weighted by Crippen LogP contribution is -2.55. The van der Waals surface area contributed by atoms with Crippen molar-refractivity contribution in [1.29, 1.82) is 0 Å². The monoisotopic (exact) mass is 261 g/mol. The predicted molar refractivity (Wildman–Crippen MR) is 68.8 cm³/mol. The molecule has 0 bridgehead atoms. The second-order valence-electron chi connectivity index (χ2n) is 4.94. The van der Waals surface area contributed by atoms with Crippen molar-refractivity contribution in [3.8, 4) is 0 Å². The zero-order chi connectivity index (χ0) is 13.3. The Balaban J connectivity index is 1.65. The Morgan fingerprint density at radius 1 is 1.37 bits per heavy atom. The van der Waals surface area contributed by atoms with Gasteiger partial charge < -0.3 is 19.6 Å². The molecule has 0 amide bonds. The Labute approximate surface area is 110 Å². The number of benzene rings is 1. The molecule has 2 aromatic rings. The Bertz CT molecular complexity index is 600. The van der Waals surface area contributed by atoms with Crippen molar-refractivity contribution in [2.75, 3.05) is 19.8 Å². The van der Waals surface area contributed by atoms with Crippen molar-refractivity contribution in [2.45, 2.75) is 6.54 Å². The summed E-state index contributed by atoms with van der Waals surface area (Å²) < 4.78 is 10.5. The molecule has 19 heavy (non-hydrogen) atoms. The first kappa shape index (κ1) is 12.2. The Kier molecular flexibility index (Phi) is 3.00. The van der Waals surface area contributed by atoms with Gasteiger partial charge in [-0.3, -0.25) is 4.79 Å². The van der Waals surface area contributed by atoms with E-state index < -0.39 is 11.4 Å². The molecule has 0 spiro atoms. The number of hydrogen-bond acceptors (Lipinski definition) is 4. The summed E-state index contributed by atoms with van der Waals surface area (Å²) in [5, 5.41) is 13.4. The fraction of sp³-hybridized carbons (Fsp3) is 0.357. The number of rotatable bonds is 5. The lowest BCUT2D eigenvalue weighted by molar-refractivity contribution is -0.178. The third-order valence-electron chi connectivity index (χ3n) is 3.55. The Morgan fingerprint density at radius 2 is 2.16 bits per heavy atom. The summed E-state index contributed by atoms with van der Waals surface area (Å²) in [5.74, 6) is -0.802. The number of ether oxygens (including phenoxy) is 1. The van der Waals surface area contributed by atoms with Gasteiger partial charge in [0.25, 0.3) is 0 Å². The molecule has 1 aliphatic rings. The number of nitrogens with one attached hydrogen (secondary N) is 1. The number of carboxylic acids is 1. The lowest BCUT2D eigenvalue weighted by atomic mass is 9.86. The molecule has 1 aromatic carbocycles. The normalized spacial score (nSPS) is 17.3. The van der Waals surface area contributed by atoms with Crippen molar-refractivity contribution in [1.82, 2.24) is 5.32 Å². The van der Waals surface area contributed by atoms with E-state index in [2.05, 4.69) is 5.32 Å². The van der Waals surface area contributed by atoms with Crippen molar-refractivity contribution < 1.29 is 19.1 Å². The third-order valence-corrected chi connectivity index (χ3v) is 3.55.